The number of rotatable bonds is 5. The fourth-order valence-electron chi connectivity index (χ4n) is 3.22. The van der Waals surface area contributed by atoms with Crippen LogP contribution in [0.25, 0.3) is 0 Å². The molecule has 0 spiro atoms. The third kappa shape index (κ3) is 3.16. The summed E-state index contributed by atoms with van der Waals surface area (Å²) in [4.78, 5) is 0.213. The molecule has 0 N–H and O–H groups in total. The predicted molar refractivity (Wildman–Crippen MR) is 90.0 cm³/mol. The Balaban J connectivity index is 1.47. The molecule has 4 rings (SSSR count). The van der Waals surface area contributed by atoms with Gasteiger partial charge in [0.25, 0.3) is 0 Å². The van der Waals surface area contributed by atoms with Crippen molar-refractivity contribution < 1.29 is 17.6 Å². The summed E-state index contributed by atoms with van der Waals surface area (Å²) >= 11 is 0. The number of piperidine rings is 1. The van der Waals surface area contributed by atoms with Crippen molar-refractivity contribution in [3.63, 3.8) is 0 Å². The molecule has 0 bridgehead atoms. The highest BCUT2D eigenvalue weighted by Gasteiger charge is 2.35. The van der Waals surface area contributed by atoms with E-state index in [2.05, 4.69) is 10.2 Å². The fourth-order valence-corrected chi connectivity index (χ4v) is 4.85. The molecule has 2 aromatic rings. The maximum atomic E-state index is 12.9. The third-order valence-corrected chi connectivity index (χ3v) is 6.81. The molecular formula is C17H21N3O4S. The molecule has 7 nitrogen and oxygen atoms in total. The molecule has 1 aliphatic carbocycles. The zero-order chi connectivity index (χ0) is 17.4. The van der Waals surface area contributed by atoms with E-state index >= 15 is 0 Å². The second-order valence-corrected chi connectivity index (χ2v) is 8.49. The van der Waals surface area contributed by atoms with Crippen molar-refractivity contribution >= 4 is 10.0 Å². The Morgan fingerprint density at radius 3 is 2.24 bits per heavy atom. The van der Waals surface area contributed by atoms with Crippen LogP contribution in [0.3, 0.4) is 0 Å². The van der Waals surface area contributed by atoms with Crippen LogP contribution in [-0.2, 0) is 10.0 Å². The average molecular weight is 363 g/mol. The zero-order valence-electron chi connectivity index (χ0n) is 14.1. The van der Waals surface area contributed by atoms with Crippen LogP contribution in [0.1, 0.15) is 49.3 Å². The van der Waals surface area contributed by atoms with E-state index in [0.29, 0.717) is 43.5 Å². The Kier molecular flexibility index (Phi) is 4.24. The van der Waals surface area contributed by atoms with Gasteiger partial charge >= 0.3 is 0 Å². The van der Waals surface area contributed by atoms with Gasteiger partial charge in [-0.1, -0.05) is 12.1 Å². The summed E-state index contributed by atoms with van der Waals surface area (Å²) in [5.74, 6) is 2.32. The molecule has 0 unspecified atom stereocenters. The van der Waals surface area contributed by atoms with Gasteiger partial charge in [0.1, 0.15) is 10.6 Å². The van der Waals surface area contributed by atoms with Crippen molar-refractivity contribution in [1.82, 2.24) is 14.5 Å². The van der Waals surface area contributed by atoms with Crippen LogP contribution < -0.4 is 4.74 Å². The smallest absolute Gasteiger partial charge is 0.246 e. The van der Waals surface area contributed by atoms with Crippen molar-refractivity contribution in [2.24, 2.45) is 0 Å². The first kappa shape index (κ1) is 16.5. The molecular weight excluding hydrogens is 342 g/mol. The van der Waals surface area contributed by atoms with E-state index in [0.717, 1.165) is 18.7 Å². The Morgan fingerprint density at radius 1 is 1.04 bits per heavy atom. The van der Waals surface area contributed by atoms with Gasteiger partial charge in [-0.15, -0.1) is 10.2 Å². The van der Waals surface area contributed by atoms with Gasteiger partial charge in [-0.2, -0.15) is 4.31 Å². The summed E-state index contributed by atoms with van der Waals surface area (Å²) in [6.07, 6.45) is 3.61. The van der Waals surface area contributed by atoms with Crippen LogP contribution in [0.2, 0.25) is 0 Å². The molecule has 1 aliphatic heterocycles. The summed E-state index contributed by atoms with van der Waals surface area (Å²) in [5, 5.41) is 8.30. The highest BCUT2D eigenvalue weighted by molar-refractivity contribution is 7.89. The van der Waals surface area contributed by atoms with Gasteiger partial charge in [0.2, 0.25) is 21.8 Å². The standard InChI is InChI=1S/C17H21N3O4S/c1-23-14-4-2-3-5-15(14)25(21,22)20-10-8-13(9-11-20)17-19-18-16(24-17)12-6-7-12/h2-5,12-13H,6-11H2,1H3. The average Bonchev–Trinajstić information content (AvgIpc) is 3.38. The van der Waals surface area contributed by atoms with Crippen molar-refractivity contribution in [3.05, 3.63) is 36.0 Å². The topological polar surface area (TPSA) is 85.5 Å². The third-order valence-electron chi connectivity index (χ3n) is 4.87. The lowest BCUT2D eigenvalue weighted by Crippen LogP contribution is -2.38. The lowest BCUT2D eigenvalue weighted by atomic mass is 9.98. The number of benzene rings is 1. The molecule has 134 valence electrons. The summed E-state index contributed by atoms with van der Waals surface area (Å²) in [7, 11) is -2.09. The van der Waals surface area contributed by atoms with Crippen LogP contribution >= 0.6 is 0 Å². The van der Waals surface area contributed by atoms with E-state index in [1.165, 1.54) is 11.4 Å². The van der Waals surface area contributed by atoms with Crippen molar-refractivity contribution in [2.45, 2.75) is 42.4 Å². The van der Waals surface area contributed by atoms with Crippen LogP contribution in [0.5, 0.6) is 5.75 Å². The molecule has 0 amide bonds. The monoisotopic (exact) mass is 363 g/mol. The second-order valence-electron chi connectivity index (χ2n) is 6.58. The number of sulfonamides is 1. The molecule has 1 saturated carbocycles. The normalized spacial score (nSPS) is 19.9. The quantitative estimate of drug-likeness (QED) is 0.811. The van der Waals surface area contributed by atoms with Gasteiger partial charge in [0, 0.05) is 24.9 Å². The molecule has 25 heavy (non-hydrogen) atoms. The van der Waals surface area contributed by atoms with E-state index in [9.17, 15) is 8.42 Å². The summed E-state index contributed by atoms with van der Waals surface area (Å²) < 4.78 is 38.3. The Bertz CT molecular complexity index is 852. The first-order chi connectivity index (χ1) is 12.1. The zero-order valence-corrected chi connectivity index (χ0v) is 14.9. The maximum Gasteiger partial charge on any atom is 0.246 e. The van der Waals surface area contributed by atoms with Gasteiger partial charge in [-0.3, -0.25) is 0 Å². The highest BCUT2D eigenvalue weighted by atomic mass is 32.2. The molecule has 8 heteroatoms. The summed E-state index contributed by atoms with van der Waals surface area (Å²) in [6, 6.07) is 6.72. The van der Waals surface area contributed by atoms with E-state index in [1.54, 1.807) is 24.3 Å². The van der Waals surface area contributed by atoms with Crippen LogP contribution in [0.15, 0.2) is 33.6 Å². The number of hydrogen-bond donors (Lipinski definition) is 0. The number of hydrogen-bond acceptors (Lipinski definition) is 6. The molecule has 2 fully saturated rings. The number of para-hydroxylation sites is 1. The van der Waals surface area contributed by atoms with Crippen molar-refractivity contribution in [1.29, 1.82) is 0 Å². The predicted octanol–water partition coefficient (Wildman–Crippen LogP) is 2.52. The summed E-state index contributed by atoms with van der Waals surface area (Å²) in [5.41, 5.74) is 0. The summed E-state index contributed by atoms with van der Waals surface area (Å²) in [6.45, 7) is 0.873. The Labute approximate surface area is 147 Å². The SMILES string of the molecule is COc1ccccc1S(=O)(=O)N1CCC(c2nnc(C3CC3)o2)CC1. The van der Waals surface area contributed by atoms with Gasteiger partial charge in [-0.05, 0) is 37.8 Å². The van der Waals surface area contributed by atoms with Gasteiger partial charge in [0.15, 0.2) is 0 Å². The maximum absolute atomic E-state index is 12.9. The van der Waals surface area contributed by atoms with Crippen LogP contribution in [-0.4, -0.2) is 43.1 Å². The molecule has 1 aromatic heterocycles. The highest BCUT2D eigenvalue weighted by Crippen LogP contribution is 2.40. The Hall–Kier alpha value is -1.93. The fraction of sp³-hybridized carbons (Fsp3) is 0.529. The van der Waals surface area contributed by atoms with Crippen LogP contribution in [0.4, 0.5) is 0 Å². The minimum absolute atomic E-state index is 0.129. The van der Waals surface area contributed by atoms with E-state index in [-0.39, 0.29) is 10.8 Å². The van der Waals surface area contributed by atoms with Crippen LogP contribution in [0, 0.1) is 0 Å². The van der Waals surface area contributed by atoms with Crippen molar-refractivity contribution in [2.75, 3.05) is 20.2 Å². The second kappa shape index (κ2) is 6.42. The lowest BCUT2D eigenvalue weighted by molar-refractivity contribution is 0.285. The number of aromatic nitrogens is 2. The number of ether oxygens (including phenoxy) is 1. The van der Waals surface area contributed by atoms with Crippen molar-refractivity contribution in [3.8, 4) is 5.75 Å². The molecule has 1 saturated heterocycles. The molecule has 2 heterocycles. The first-order valence-corrected chi connectivity index (χ1v) is 10.00. The molecule has 2 aliphatic rings. The van der Waals surface area contributed by atoms with Gasteiger partial charge in [0.05, 0.1) is 7.11 Å². The Morgan fingerprint density at radius 2 is 1.64 bits per heavy atom. The molecule has 0 atom stereocenters. The van der Waals surface area contributed by atoms with Gasteiger partial charge in [-0.25, -0.2) is 8.42 Å². The van der Waals surface area contributed by atoms with E-state index in [4.69, 9.17) is 9.15 Å². The molecule has 1 aromatic carbocycles. The van der Waals surface area contributed by atoms with E-state index < -0.39 is 10.0 Å². The largest absolute Gasteiger partial charge is 0.495 e. The minimum atomic E-state index is -3.57. The lowest BCUT2D eigenvalue weighted by Gasteiger charge is -2.30. The number of nitrogens with zero attached hydrogens (tertiary/aromatic N) is 3. The van der Waals surface area contributed by atoms with Gasteiger partial charge < -0.3 is 9.15 Å². The first-order valence-electron chi connectivity index (χ1n) is 8.56. The number of methoxy groups -OCH3 is 1. The van der Waals surface area contributed by atoms with E-state index in [1.807, 2.05) is 0 Å². The minimum Gasteiger partial charge on any atom is -0.495 e. The molecule has 0 radical (unpaired) electrons.